The number of thiazole rings is 1. The molecule has 0 radical (unpaired) electrons. The van der Waals surface area contributed by atoms with Gasteiger partial charge in [-0.25, -0.2) is 9.78 Å². The van der Waals surface area contributed by atoms with Crippen LogP contribution in [0.3, 0.4) is 0 Å². The van der Waals surface area contributed by atoms with Crippen LogP contribution in [0, 0.1) is 0 Å². The smallest absolute Gasteiger partial charge is 0.410 e. The molecule has 0 aliphatic carbocycles. The highest BCUT2D eigenvalue weighted by atomic mass is 32.1. The Morgan fingerprint density at radius 3 is 2.58 bits per heavy atom. The number of anilines is 1. The van der Waals surface area contributed by atoms with Crippen LogP contribution >= 0.6 is 11.3 Å². The predicted molar refractivity (Wildman–Crippen MR) is 111 cm³/mol. The minimum absolute atomic E-state index is 0.274. The molecule has 7 nitrogen and oxygen atoms in total. The van der Waals surface area contributed by atoms with Crippen molar-refractivity contribution in [3.05, 3.63) is 60.3 Å². The third-order valence-corrected chi connectivity index (χ3v) is 5.02. The van der Waals surface area contributed by atoms with Crippen molar-refractivity contribution in [2.45, 2.75) is 18.8 Å². The SMILES string of the molecule is NC(=O)Oc1cccc(-c2cnc(NCC(N)Cc3ccc(OC(F)(F)F)cc3)s2)c1. The largest absolute Gasteiger partial charge is 0.573 e. The molecule has 3 rings (SSSR count). The third kappa shape index (κ3) is 7.15. The first-order valence-electron chi connectivity index (χ1n) is 9.05. The van der Waals surface area contributed by atoms with E-state index < -0.39 is 12.5 Å². The number of hydrogen-bond acceptors (Lipinski definition) is 7. The molecule has 3 aromatic rings. The van der Waals surface area contributed by atoms with Crippen molar-refractivity contribution in [1.82, 2.24) is 4.98 Å². The van der Waals surface area contributed by atoms with Crippen LogP contribution in [0.1, 0.15) is 5.56 Å². The van der Waals surface area contributed by atoms with Crippen LogP contribution in [0.25, 0.3) is 10.4 Å². The third-order valence-electron chi connectivity index (χ3n) is 4.01. The Hall–Kier alpha value is -3.31. The van der Waals surface area contributed by atoms with E-state index in [1.807, 2.05) is 6.07 Å². The van der Waals surface area contributed by atoms with Gasteiger partial charge in [0.25, 0.3) is 0 Å². The first-order valence-corrected chi connectivity index (χ1v) is 9.87. The lowest BCUT2D eigenvalue weighted by atomic mass is 10.1. The number of nitrogens with one attached hydrogen (secondary N) is 1. The number of halogens is 3. The molecule has 1 heterocycles. The lowest BCUT2D eigenvalue weighted by molar-refractivity contribution is -0.274. The first-order chi connectivity index (χ1) is 14.7. The molecule has 0 aliphatic rings. The van der Waals surface area contributed by atoms with Crippen LogP contribution in [-0.4, -0.2) is 30.0 Å². The number of alkyl halides is 3. The fourth-order valence-electron chi connectivity index (χ4n) is 2.74. The van der Waals surface area contributed by atoms with E-state index in [4.69, 9.17) is 16.2 Å². The van der Waals surface area contributed by atoms with E-state index in [-0.39, 0.29) is 11.8 Å². The summed E-state index contributed by atoms with van der Waals surface area (Å²) >= 11 is 1.40. The molecule has 5 N–H and O–H groups in total. The number of carbonyl (C=O) groups is 1. The van der Waals surface area contributed by atoms with Crippen molar-refractivity contribution in [1.29, 1.82) is 0 Å². The van der Waals surface area contributed by atoms with Crippen molar-refractivity contribution in [3.63, 3.8) is 0 Å². The van der Waals surface area contributed by atoms with Crippen molar-refractivity contribution >= 4 is 22.6 Å². The van der Waals surface area contributed by atoms with Gasteiger partial charge in [-0.05, 0) is 41.8 Å². The van der Waals surface area contributed by atoms with Gasteiger partial charge in [0.15, 0.2) is 5.13 Å². The fourth-order valence-corrected chi connectivity index (χ4v) is 3.56. The quantitative estimate of drug-likeness (QED) is 0.473. The molecule has 0 fully saturated rings. The van der Waals surface area contributed by atoms with Crippen molar-refractivity contribution in [2.24, 2.45) is 11.5 Å². The molecule has 31 heavy (non-hydrogen) atoms. The number of amides is 1. The van der Waals surface area contributed by atoms with Crippen LogP contribution < -0.4 is 26.3 Å². The van der Waals surface area contributed by atoms with Gasteiger partial charge in [-0.3, -0.25) is 0 Å². The van der Waals surface area contributed by atoms with Crippen molar-refractivity contribution < 1.29 is 27.4 Å². The average Bonchev–Trinajstić information content (AvgIpc) is 3.16. The topological polar surface area (TPSA) is 112 Å². The first kappa shape index (κ1) is 22.4. The maximum Gasteiger partial charge on any atom is 0.573 e. The second-order valence-corrected chi connectivity index (χ2v) is 7.55. The zero-order valence-electron chi connectivity index (χ0n) is 16.1. The minimum Gasteiger partial charge on any atom is -0.410 e. The second kappa shape index (κ2) is 9.67. The molecule has 0 saturated heterocycles. The summed E-state index contributed by atoms with van der Waals surface area (Å²) in [5.41, 5.74) is 12.7. The summed E-state index contributed by atoms with van der Waals surface area (Å²) in [7, 11) is 0. The maximum absolute atomic E-state index is 12.2. The summed E-state index contributed by atoms with van der Waals surface area (Å²) in [4.78, 5) is 16.0. The summed E-state index contributed by atoms with van der Waals surface area (Å²) < 4.78 is 45.4. The predicted octanol–water partition coefficient (Wildman–Crippen LogP) is 4.15. The van der Waals surface area contributed by atoms with Gasteiger partial charge in [0.05, 0.1) is 4.88 Å². The molecule has 0 spiro atoms. The van der Waals surface area contributed by atoms with Crippen LogP contribution in [0.4, 0.5) is 23.1 Å². The summed E-state index contributed by atoms with van der Waals surface area (Å²) in [6.07, 6.45) is -3.46. The van der Waals surface area contributed by atoms with Gasteiger partial charge in [0, 0.05) is 18.8 Å². The summed E-state index contributed by atoms with van der Waals surface area (Å²) in [5.74, 6) is 0.0603. The number of nitrogens with two attached hydrogens (primary N) is 2. The molecular formula is C20H19F3N4O3S. The molecule has 2 aromatic carbocycles. The van der Waals surface area contributed by atoms with Crippen LogP contribution in [-0.2, 0) is 6.42 Å². The van der Waals surface area contributed by atoms with Crippen molar-refractivity contribution in [3.8, 4) is 21.9 Å². The van der Waals surface area contributed by atoms with Gasteiger partial charge < -0.3 is 26.3 Å². The van der Waals surface area contributed by atoms with E-state index in [0.717, 1.165) is 16.0 Å². The molecule has 164 valence electrons. The Bertz CT molecular complexity index is 1030. The van der Waals surface area contributed by atoms with Gasteiger partial charge in [-0.15, -0.1) is 13.2 Å². The maximum atomic E-state index is 12.2. The Morgan fingerprint density at radius 1 is 1.16 bits per heavy atom. The lowest BCUT2D eigenvalue weighted by Gasteiger charge is -2.13. The Morgan fingerprint density at radius 2 is 1.90 bits per heavy atom. The Labute approximate surface area is 179 Å². The number of ether oxygens (including phenoxy) is 2. The average molecular weight is 452 g/mol. The molecule has 1 amide bonds. The number of carbonyl (C=O) groups excluding carboxylic acids is 1. The van der Waals surface area contributed by atoms with E-state index in [2.05, 4.69) is 15.0 Å². The van der Waals surface area contributed by atoms with Gasteiger partial charge in [-0.2, -0.15) is 0 Å². The normalized spacial score (nSPS) is 12.3. The number of hydrogen-bond donors (Lipinski definition) is 3. The number of aromatic nitrogens is 1. The van der Waals surface area contributed by atoms with Crippen LogP contribution in [0.5, 0.6) is 11.5 Å². The summed E-state index contributed by atoms with van der Waals surface area (Å²) in [6, 6.07) is 12.2. The number of primary amides is 1. The van der Waals surface area contributed by atoms with Gasteiger partial charge >= 0.3 is 12.5 Å². The minimum atomic E-state index is -4.72. The molecule has 0 saturated carbocycles. The molecule has 1 unspecified atom stereocenters. The fraction of sp³-hybridized carbons (Fsp3) is 0.200. The van der Waals surface area contributed by atoms with Crippen molar-refractivity contribution in [2.75, 3.05) is 11.9 Å². The van der Waals surface area contributed by atoms with Gasteiger partial charge in [0.2, 0.25) is 0 Å². The number of rotatable bonds is 8. The zero-order valence-corrected chi connectivity index (χ0v) is 16.9. The molecule has 1 atom stereocenters. The highest BCUT2D eigenvalue weighted by Gasteiger charge is 2.30. The monoisotopic (exact) mass is 452 g/mol. The van der Waals surface area contributed by atoms with Crippen LogP contribution in [0.15, 0.2) is 54.7 Å². The van der Waals surface area contributed by atoms with E-state index in [1.54, 1.807) is 36.5 Å². The standard InChI is InChI=1S/C20H19F3N4O3S/c21-20(22,23)30-15-6-4-12(5-7-15)8-14(24)10-26-19-27-11-17(31-19)13-2-1-3-16(9-13)29-18(25)28/h1-7,9,11,14H,8,10,24H2,(H2,25,28)(H,26,27). The van der Waals surface area contributed by atoms with E-state index in [9.17, 15) is 18.0 Å². The molecule has 1 aromatic heterocycles. The molecule has 0 aliphatic heterocycles. The highest BCUT2D eigenvalue weighted by Crippen LogP contribution is 2.31. The zero-order chi connectivity index (χ0) is 22.4. The summed E-state index contributed by atoms with van der Waals surface area (Å²) in [6.45, 7) is 0.415. The van der Waals surface area contributed by atoms with Gasteiger partial charge in [0.1, 0.15) is 11.5 Å². The van der Waals surface area contributed by atoms with E-state index >= 15 is 0 Å². The highest BCUT2D eigenvalue weighted by molar-refractivity contribution is 7.18. The van der Waals surface area contributed by atoms with Gasteiger partial charge in [-0.1, -0.05) is 35.6 Å². The second-order valence-electron chi connectivity index (χ2n) is 6.52. The van der Waals surface area contributed by atoms with E-state index in [0.29, 0.717) is 23.8 Å². The molecule has 0 bridgehead atoms. The number of benzene rings is 2. The molecular weight excluding hydrogens is 433 g/mol. The molecule has 11 heteroatoms. The summed E-state index contributed by atoms with van der Waals surface area (Å²) in [5, 5.41) is 3.80. The number of nitrogens with zero attached hydrogens (tertiary/aromatic N) is 1. The Kier molecular flexibility index (Phi) is 6.98. The Balaban J connectivity index is 1.53. The lowest BCUT2D eigenvalue weighted by Crippen LogP contribution is -2.31. The van der Waals surface area contributed by atoms with Crippen LogP contribution in [0.2, 0.25) is 0 Å². The van der Waals surface area contributed by atoms with E-state index in [1.165, 1.54) is 23.5 Å².